The molecule has 4 nitrogen and oxygen atoms in total. The van der Waals surface area contributed by atoms with Crippen LogP contribution in [0.25, 0.3) is 6.08 Å². The SMILES string of the molecule is CCCOc1ccccc1/C=C/C(=O)Nc1cc(Cl)ccc1OC. The Kier molecular flexibility index (Phi) is 6.70. The summed E-state index contributed by atoms with van der Waals surface area (Å²) in [6.07, 6.45) is 4.10. The average molecular weight is 346 g/mol. The van der Waals surface area contributed by atoms with Gasteiger partial charge in [0.2, 0.25) is 5.91 Å². The predicted octanol–water partition coefficient (Wildman–Crippen LogP) is 4.79. The molecule has 5 heteroatoms. The van der Waals surface area contributed by atoms with Crippen LogP contribution >= 0.6 is 11.6 Å². The molecular formula is C19H20ClNO3. The van der Waals surface area contributed by atoms with Gasteiger partial charge in [-0.2, -0.15) is 0 Å². The Morgan fingerprint density at radius 3 is 2.75 bits per heavy atom. The second-order valence-corrected chi connectivity index (χ2v) is 5.49. The Bertz CT molecular complexity index is 728. The smallest absolute Gasteiger partial charge is 0.248 e. The van der Waals surface area contributed by atoms with Crippen LogP contribution in [0.1, 0.15) is 18.9 Å². The van der Waals surface area contributed by atoms with Crippen LogP contribution in [0.15, 0.2) is 48.5 Å². The van der Waals surface area contributed by atoms with E-state index in [-0.39, 0.29) is 5.91 Å². The zero-order chi connectivity index (χ0) is 17.4. The van der Waals surface area contributed by atoms with Crippen LogP contribution in [0.3, 0.4) is 0 Å². The lowest BCUT2D eigenvalue weighted by molar-refractivity contribution is -0.111. The summed E-state index contributed by atoms with van der Waals surface area (Å²) in [5.74, 6) is 1.03. The monoisotopic (exact) mass is 345 g/mol. The van der Waals surface area contributed by atoms with Crippen LogP contribution in [-0.2, 0) is 4.79 Å². The van der Waals surface area contributed by atoms with E-state index >= 15 is 0 Å². The van der Waals surface area contributed by atoms with Gasteiger partial charge in [-0.25, -0.2) is 0 Å². The zero-order valence-corrected chi connectivity index (χ0v) is 14.5. The van der Waals surface area contributed by atoms with Gasteiger partial charge in [-0.05, 0) is 36.8 Å². The maximum atomic E-state index is 12.2. The molecule has 0 unspecified atom stereocenters. The fourth-order valence-corrected chi connectivity index (χ4v) is 2.25. The second-order valence-electron chi connectivity index (χ2n) is 5.05. The minimum atomic E-state index is -0.277. The second kappa shape index (κ2) is 8.99. The third kappa shape index (κ3) is 5.03. The number of ether oxygens (including phenoxy) is 2. The molecule has 0 aliphatic heterocycles. The molecule has 0 bridgehead atoms. The van der Waals surface area contributed by atoms with Gasteiger partial charge in [-0.15, -0.1) is 0 Å². The molecule has 0 saturated heterocycles. The Morgan fingerprint density at radius 1 is 1.21 bits per heavy atom. The van der Waals surface area contributed by atoms with E-state index in [4.69, 9.17) is 21.1 Å². The van der Waals surface area contributed by atoms with Gasteiger partial charge in [-0.3, -0.25) is 4.79 Å². The third-order valence-corrected chi connectivity index (χ3v) is 3.45. The molecule has 0 aliphatic rings. The first-order chi connectivity index (χ1) is 11.6. The Hall–Kier alpha value is -2.46. The molecule has 0 fully saturated rings. The van der Waals surface area contributed by atoms with Crippen molar-refractivity contribution in [2.45, 2.75) is 13.3 Å². The van der Waals surface area contributed by atoms with Gasteiger partial charge in [0.05, 0.1) is 19.4 Å². The lowest BCUT2D eigenvalue weighted by Crippen LogP contribution is -2.09. The van der Waals surface area contributed by atoms with Crippen molar-refractivity contribution in [1.29, 1.82) is 0 Å². The quantitative estimate of drug-likeness (QED) is 0.734. The van der Waals surface area contributed by atoms with Gasteiger partial charge in [-0.1, -0.05) is 36.7 Å². The van der Waals surface area contributed by atoms with Crippen molar-refractivity contribution in [2.75, 3.05) is 19.0 Å². The van der Waals surface area contributed by atoms with Crippen molar-refractivity contribution < 1.29 is 14.3 Å². The lowest BCUT2D eigenvalue weighted by Gasteiger charge is -2.09. The van der Waals surface area contributed by atoms with Crippen LogP contribution in [-0.4, -0.2) is 19.6 Å². The number of methoxy groups -OCH3 is 1. The van der Waals surface area contributed by atoms with Crippen molar-refractivity contribution in [3.63, 3.8) is 0 Å². The number of hydrogen-bond acceptors (Lipinski definition) is 3. The molecule has 0 spiro atoms. The van der Waals surface area contributed by atoms with Crippen molar-refractivity contribution in [2.24, 2.45) is 0 Å². The maximum Gasteiger partial charge on any atom is 0.248 e. The molecular weight excluding hydrogens is 326 g/mol. The van der Waals surface area contributed by atoms with E-state index in [1.807, 2.05) is 31.2 Å². The van der Waals surface area contributed by atoms with Crippen LogP contribution in [0.4, 0.5) is 5.69 Å². The van der Waals surface area contributed by atoms with Gasteiger partial charge in [0.25, 0.3) is 0 Å². The van der Waals surface area contributed by atoms with E-state index in [1.165, 1.54) is 13.2 Å². The molecule has 0 aromatic heterocycles. The molecule has 0 aliphatic carbocycles. The molecule has 126 valence electrons. The van der Waals surface area contributed by atoms with Crippen molar-refractivity contribution in [3.8, 4) is 11.5 Å². The lowest BCUT2D eigenvalue weighted by atomic mass is 10.2. The number of benzene rings is 2. The summed E-state index contributed by atoms with van der Waals surface area (Å²) in [7, 11) is 1.54. The molecule has 0 heterocycles. The van der Waals surface area contributed by atoms with E-state index in [9.17, 15) is 4.79 Å². The van der Waals surface area contributed by atoms with Crippen LogP contribution in [0, 0.1) is 0 Å². The molecule has 1 N–H and O–H groups in total. The van der Waals surface area contributed by atoms with Gasteiger partial charge in [0.15, 0.2) is 0 Å². The molecule has 2 aromatic carbocycles. The van der Waals surface area contributed by atoms with Gasteiger partial charge in [0.1, 0.15) is 11.5 Å². The first kappa shape index (κ1) is 17.9. The molecule has 0 atom stereocenters. The number of halogens is 1. The van der Waals surface area contributed by atoms with Gasteiger partial charge >= 0.3 is 0 Å². The standard InChI is InChI=1S/C19H20ClNO3/c1-3-12-24-17-7-5-4-6-14(17)8-11-19(22)21-16-13-15(20)9-10-18(16)23-2/h4-11,13H,3,12H2,1-2H3,(H,21,22)/b11-8+. The van der Waals surface area contributed by atoms with E-state index in [0.29, 0.717) is 23.1 Å². The number of amides is 1. The first-order valence-corrected chi connectivity index (χ1v) is 8.06. The minimum Gasteiger partial charge on any atom is -0.495 e. The summed E-state index contributed by atoms with van der Waals surface area (Å²) in [5.41, 5.74) is 1.37. The van der Waals surface area contributed by atoms with Crippen molar-refractivity contribution >= 4 is 29.3 Å². The van der Waals surface area contributed by atoms with Crippen molar-refractivity contribution in [3.05, 3.63) is 59.1 Å². The zero-order valence-electron chi connectivity index (χ0n) is 13.7. The highest BCUT2D eigenvalue weighted by atomic mass is 35.5. The van der Waals surface area contributed by atoms with Crippen LogP contribution < -0.4 is 14.8 Å². The average Bonchev–Trinajstić information content (AvgIpc) is 2.59. The summed E-state index contributed by atoms with van der Waals surface area (Å²) >= 11 is 5.96. The van der Waals surface area contributed by atoms with Crippen LogP contribution in [0.5, 0.6) is 11.5 Å². The predicted molar refractivity (Wildman–Crippen MR) is 97.9 cm³/mol. The number of nitrogens with one attached hydrogen (secondary N) is 1. The minimum absolute atomic E-state index is 0.277. The Balaban J connectivity index is 2.10. The van der Waals surface area contributed by atoms with Crippen LogP contribution in [0.2, 0.25) is 5.02 Å². The van der Waals surface area contributed by atoms with E-state index in [1.54, 1.807) is 24.3 Å². The third-order valence-electron chi connectivity index (χ3n) is 3.21. The largest absolute Gasteiger partial charge is 0.495 e. The summed E-state index contributed by atoms with van der Waals surface area (Å²) in [5, 5.41) is 3.28. The Labute approximate surface area is 147 Å². The number of hydrogen-bond donors (Lipinski definition) is 1. The fraction of sp³-hybridized carbons (Fsp3) is 0.211. The first-order valence-electron chi connectivity index (χ1n) is 7.68. The van der Waals surface area contributed by atoms with E-state index in [2.05, 4.69) is 5.32 Å². The molecule has 1 amide bonds. The summed E-state index contributed by atoms with van der Waals surface area (Å²) in [4.78, 5) is 12.2. The normalized spacial score (nSPS) is 10.6. The molecule has 24 heavy (non-hydrogen) atoms. The maximum absolute atomic E-state index is 12.2. The van der Waals surface area contributed by atoms with Gasteiger partial charge < -0.3 is 14.8 Å². The number of rotatable bonds is 7. The summed E-state index contributed by atoms with van der Waals surface area (Å²) in [6, 6.07) is 12.6. The number of para-hydroxylation sites is 1. The Morgan fingerprint density at radius 2 is 2.00 bits per heavy atom. The van der Waals surface area contributed by atoms with E-state index < -0.39 is 0 Å². The molecule has 2 rings (SSSR count). The van der Waals surface area contributed by atoms with E-state index in [0.717, 1.165) is 17.7 Å². The summed E-state index contributed by atoms with van der Waals surface area (Å²) in [6.45, 7) is 2.68. The molecule has 2 aromatic rings. The number of anilines is 1. The number of carbonyl (C=O) groups is 1. The molecule has 0 radical (unpaired) electrons. The van der Waals surface area contributed by atoms with Gasteiger partial charge in [0, 0.05) is 16.7 Å². The topological polar surface area (TPSA) is 47.6 Å². The summed E-state index contributed by atoms with van der Waals surface area (Å²) < 4.78 is 10.9. The fourth-order valence-electron chi connectivity index (χ4n) is 2.08. The molecule has 0 saturated carbocycles. The number of carbonyl (C=O) groups excluding carboxylic acids is 1. The highest BCUT2D eigenvalue weighted by Crippen LogP contribution is 2.27. The highest BCUT2D eigenvalue weighted by Gasteiger charge is 2.07. The van der Waals surface area contributed by atoms with Crippen molar-refractivity contribution in [1.82, 2.24) is 0 Å². The highest BCUT2D eigenvalue weighted by molar-refractivity contribution is 6.31.